The molecule has 0 amide bonds. The lowest BCUT2D eigenvalue weighted by Gasteiger charge is -2.06. The number of aromatic hydroxyl groups is 1. The summed E-state index contributed by atoms with van der Waals surface area (Å²) in [6, 6.07) is 0.0325. The van der Waals surface area contributed by atoms with Crippen molar-refractivity contribution in [1.29, 1.82) is 0 Å². The molecule has 16 heavy (non-hydrogen) atoms. The van der Waals surface area contributed by atoms with Crippen molar-refractivity contribution in [2.45, 2.75) is 13.8 Å². The first-order valence-electron chi connectivity index (χ1n) is 6.70. The Morgan fingerprint density at radius 2 is 1.69 bits per heavy atom. The number of nitrogens with one attached hydrogen (secondary N) is 1. The maximum atomic E-state index is 9.47. The predicted octanol–water partition coefficient (Wildman–Crippen LogP) is 2.54. The molecule has 4 nitrogen and oxygen atoms in total. The van der Waals surface area contributed by atoms with E-state index in [2.05, 4.69) is 15.3 Å². The zero-order valence-corrected chi connectivity index (χ0v) is 8.92. The second-order valence-corrected chi connectivity index (χ2v) is 3.32. The van der Waals surface area contributed by atoms with Crippen LogP contribution in [0.3, 0.4) is 0 Å². The van der Waals surface area contributed by atoms with Crippen LogP contribution < -0.4 is 5.32 Å². The average molecular weight is 219 g/mol. The van der Waals surface area contributed by atoms with Crippen molar-refractivity contribution >= 4 is 11.6 Å². The molecule has 0 unspecified atom stereocenters. The molecule has 2 N–H and O–H groups in total. The molecule has 0 aliphatic carbocycles. The van der Waals surface area contributed by atoms with E-state index < -0.39 is 17.8 Å². The number of hydrogen-bond acceptors (Lipinski definition) is 4. The maximum absolute atomic E-state index is 9.47. The molecule has 0 bridgehead atoms. The van der Waals surface area contributed by atoms with Gasteiger partial charge < -0.3 is 10.4 Å². The summed E-state index contributed by atoms with van der Waals surface area (Å²) in [5.74, 6) is -0.485. The number of anilines is 2. The predicted molar refractivity (Wildman–Crippen MR) is 62.9 cm³/mol. The van der Waals surface area contributed by atoms with Gasteiger partial charge in [-0.15, -0.1) is 0 Å². The van der Waals surface area contributed by atoms with E-state index in [9.17, 15) is 5.11 Å². The first kappa shape index (κ1) is 6.48. The lowest BCUT2D eigenvalue weighted by molar-refractivity contribution is 0.475. The Balaban J connectivity index is 2.54. The molecule has 1 aromatic carbocycles. The molecule has 1 heterocycles. The summed E-state index contributed by atoms with van der Waals surface area (Å²) in [4.78, 5) is 8.24. The van der Waals surface area contributed by atoms with E-state index in [1.807, 2.05) is 0 Å². The fourth-order valence-electron chi connectivity index (χ4n) is 1.26. The van der Waals surface area contributed by atoms with Gasteiger partial charge in [-0.3, -0.25) is 0 Å². The number of nitrogens with zero attached hydrogens (tertiary/aromatic N) is 2. The van der Waals surface area contributed by atoms with Crippen molar-refractivity contribution in [3.05, 3.63) is 41.6 Å². The van der Waals surface area contributed by atoms with E-state index in [1.54, 1.807) is 19.9 Å². The number of phenolic OH excluding ortho intramolecular Hbond substituents is 1. The van der Waals surface area contributed by atoms with E-state index in [4.69, 9.17) is 5.48 Å². The molecule has 0 saturated heterocycles. The van der Waals surface area contributed by atoms with Crippen LogP contribution >= 0.6 is 0 Å². The van der Waals surface area contributed by atoms with Gasteiger partial charge in [0.05, 0.1) is 5.48 Å². The van der Waals surface area contributed by atoms with Gasteiger partial charge in [0.15, 0.2) is 0 Å². The second-order valence-electron chi connectivity index (χ2n) is 3.32. The number of benzene rings is 1. The highest BCUT2D eigenvalue weighted by molar-refractivity contribution is 5.54. The summed E-state index contributed by atoms with van der Waals surface area (Å²) >= 11 is 0. The van der Waals surface area contributed by atoms with Crippen molar-refractivity contribution < 1.29 is 10.6 Å². The molecule has 0 radical (unpaired) electrons. The van der Waals surface area contributed by atoms with Gasteiger partial charge >= 0.3 is 0 Å². The van der Waals surface area contributed by atoms with Crippen LogP contribution in [0.25, 0.3) is 0 Å². The van der Waals surface area contributed by atoms with Crippen LogP contribution in [0.1, 0.15) is 16.9 Å². The lowest BCUT2D eigenvalue weighted by atomic mass is 10.3. The summed E-state index contributed by atoms with van der Waals surface area (Å²) in [6.07, 6.45) is 0. The molecule has 2 aromatic rings. The highest BCUT2D eigenvalue weighted by atomic mass is 16.3. The van der Waals surface area contributed by atoms with Crippen LogP contribution in [0.4, 0.5) is 11.6 Å². The maximum Gasteiger partial charge on any atom is 0.227 e. The van der Waals surface area contributed by atoms with Crippen LogP contribution in [0, 0.1) is 13.8 Å². The van der Waals surface area contributed by atoms with Crippen LogP contribution in [0.2, 0.25) is 0 Å². The number of phenols is 1. The molecule has 0 spiro atoms. The highest BCUT2D eigenvalue weighted by Gasteiger charge is 1.99. The normalized spacial score (nSPS) is 13.6. The van der Waals surface area contributed by atoms with Crippen LogP contribution in [0.5, 0.6) is 5.75 Å². The number of aryl methyl sites for hydroxylation is 2. The van der Waals surface area contributed by atoms with Crippen molar-refractivity contribution in [1.82, 2.24) is 9.97 Å². The third-order valence-corrected chi connectivity index (χ3v) is 1.83. The quantitative estimate of drug-likeness (QED) is 0.762. The molecular weight excluding hydrogens is 202 g/mol. The van der Waals surface area contributed by atoms with E-state index in [1.165, 1.54) is 0 Å². The molecule has 82 valence electrons. The van der Waals surface area contributed by atoms with Crippen LogP contribution in [-0.2, 0) is 0 Å². The fourth-order valence-corrected chi connectivity index (χ4v) is 1.26. The van der Waals surface area contributed by atoms with Gasteiger partial charge in [0.1, 0.15) is 5.75 Å². The molecule has 2 rings (SSSR count). The average Bonchev–Trinajstić information content (AvgIpc) is 2.38. The first-order chi connectivity index (χ1) is 9.31. The Kier molecular flexibility index (Phi) is 1.69. The number of aromatic nitrogens is 2. The fraction of sp³-hybridized carbons (Fsp3) is 0.167. The van der Waals surface area contributed by atoms with E-state index in [-0.39, 0.29) is 23.7 Å². The van der Waals surface area contributed by atoms with Gasteiger partial charge in [0.2, 0.25) is 5.95 Å². The van der Waals surface area contributed by atoms with Crippen molar-refractivity contribution in [3.63, 3.8) is 0 Å². The lowest BCUT2D eigenvalue weighted by Crippen LogP contribution is -1.99. The second kappa shape index (κ2) is 4.18. The van der Waals surface area contributed by atoms with Crippen molar-refractivity contribution in [2.24, 2.45) is 0 Å². The molecule has 0 aliphatic rings. The van der Waals surface area contributed by atoms with Gasteiger partial charge in [-0.05, 0) is 44.1 Å². The van der Waals surface area contributed by atoms with Crippen LogP contribution in [0.15, 0.2) is 30.2 Å². The van der Waals surface area contributed by atoms with Crippen LogP contribution in [-0.4, -0.2) is 15.1 Å². The summed E-state index contributed by atoms with van der Waals surface area (Å²) in [6.45, 7) is 3.57. The summed E-state index contributed by atoms with van der Waals surface area (Å²) in [7, 11) is 0. The zero-order valence-electron chi connectivity index (χ0n) is 12.9. The Labute approximate surface area is 99.6 Å². The van der Waals surface area contributed by atoms with Gasteiger partial charge in [-0.1, -0.05) is 0 Å². The Morgan fingerprint density at radius 1 is 1.12 bits per heavy atom. The van der Waals surface area contributed by atoms with Gasteiger partial charge in [0.25, 0.3) is 0 Å². The number of hydrogen-bond donors (Lipinski definition) is 2. The molecule has 1 aromatic heterocycles. The third-order valence-electron chi connectivity index (χ3n) is 1.83. The smallest absolute Gasteiger partial charge is 0.227 e. The molecule has 0 saturated carbocycles. The van der Waals surface area contributed by atoms with Crippen molar-refractivity contribution in [3.8, 4) is 5.75 Å². The molecule has 0 aliphatic heterocycles. The summed E-state index contributed by atoms with van der Waals surface area (Å²) in [5, 5.41) is 12.2. The third kappa shape index (κ3) is 2.48. The van der Waals surface area contributed by atoms with Crippen molar-refractivity contribution in [2.75, 3.05) is 5.32 Å². The van der Waals surface area contributed by atoms with E-state index in [0.29, 0.717) is 11.4 Å². The molecule has 0 fully saturated rings. The molecule has 4 heteroatoms. The minimum atomic E-state index is -0.674. The van der Waals surface area contributed by atoms with Gasteiger partial charge in [-0.25, -0.2) is 9.97 Å². The Bertz CT molecular complexity index is 642. The molecule has 0 atom stereocenters. The molecular formula is C12H13N3O. The standard InChI is InChI=1S/C12H13N3O/c1-8-7-9(2)14-12(13-8)15-10-3-5-11(16)6-4-10/h3-7,16H,1-2H3,(H,13,14,15)/i3D,4D,5D,6D. The summed E-state index contributed by atoms with van der Waals surface area (Å²) < 4.78 is 30.6. The first-order valence-corrected chi connectivity index (χ1v) is 4.70. The highest BCUT2D eigenvalue weighted by Crippen LogP contribution is 2.17. The monoisotopic (exact) mass is 219 g/mol. The van der Waals surface area contributed by atoms with Gasteiger partial charge in [-0.2, -0.15) is 0 Å². The van der Waals surface area contributed by atoms with E-state index >= 15 is 0 Å². The SMILES string of the molecule is [2H]c1c([2H])c(Nc2nc(C)cc(C)n2)c([2H])c([2H])c1O. The van der Waals surface area contributed by atoms with E-state index in [0.717, 1.165) is 0 Å². The Morgan fingerprint density at radius 3 is 2.25 bits per heavy atom. The number of rotatable bonds is 2. The summed E-state index contributed by atoms with van der Waals surface area (Å²) in [5.41, 5.74) is 1.37. The largest absolute Gasteiger partial charge is 0.508 e. The Hall–Kier alpha value is -2.10. The van der Waals surface area contributed by atoms with Gasteiger partial charge in [0, 0.05) is 17.1 Å². The minimum absolute atomic E-state index is 0.0669. The zero-order chi connectivity index (χ0) is 15.0. The minimum Gasteiger partial charge on any atom is -0.508 e. The topological polar surface area (TPSA) is 58.0 Å².